The highest BCUT2D eigenvalue weighted by Crippen LogP contribution is 2.28. The summed E-state index contributed by atoms with van der Waals surface area (Å²) < 4.78 is 7.18. The van der Waals surface area contributed by atoms with Crippen LogP contribution in [0.1, 0.15) is 5.56 Å². The number of aromatic amines is 1. The molecule has 0 aliphatic heterocycles. The molecule has 0 saturated carbocycles. The first-order chi connectivity index (χ1) is 11.2. The van der Waals surface area contributed by atoms with Crippen molar-refractivity contribution in [3.05, 3.63) is 58.9 Å². The number of phenols is 1. The quantitative estimate of drug-likeness (QED) is 0.570. The van der Waals surface area contributed by atoms with Crippen molar-refractivity contribution in [1.82, 2.24) is 14.9 Å². The molecule has 0 aliphatic rings. The highest BCUT2D eigenvalue weighted by Gasteiger charge is 2.12. The van der Waals surface area contributed by atoms with E-state index >= 15 is 0 Å². The van der Waals surface area contributed by atoms with Crippen LogP contribution < -0.4 is 4.74 Å². The third-order valence-corrected chi connectivity index (χ3v) is 3.51. The largest absolute Gasteiger partial charge is 0.507 e. The summed E-state index contributed by atoms with van der Waals surface area (Å²) in [4.78, 5) is 0. The van der Waals surface area contributed by atoms with E-state index in [-0.39, 0.29) is 5.75 Å². The number of H-pyrrole nitrogens is 1. The summed E-state index contributed by atoms with van der Waals surface area (Å²) in [6, 6.07) is 14.4. The number of hydrogen-bond donors (Lipinski definition) is 2. The summed E-state index contributed by atoms with van der Waals surface area (Å²) in [5.41, 5.74) is 1.35. The first-order valence-electron chi connectivity index (χ1n) is 6.84. The van der Waals surface area contributed by atoms with Crippen LogP contribution in [0, 0.1) is 4.77 Å². The van der Waals surface area contributed by atoms with Crippen LogP contribution in [-0.2, 0) is 0 Å². The average molecular weight is 326 g/mol. The number of hydrogen-bond acceptors (Lipinski definition) is 5. The van der Waals surface area contributed by atoms with Crippen molar-refractivity contribution < 1.29 is 9.84 Å². The number of aromatic hydroxyl groups is 1. The van der Waals surface area contributed by atoms with Crippen LogP contribution in [0.4, 0.5) is 0 Å². The van der Waals surface area contributed by atoms with Gasteiger partial charge in [-0.05, 0) is 36.5 Å². The number of aromatic nitrogens is 3. The molecule has 3 aromatic rings. The van der Waals surface area contributed by atoms with Gasteiger partial charge in [-0.3, -0.25) is 0 Å². The van der Waals surface area contributed by atoms with Crippen LogP contribution in [-0.4, -0.2) is 33.3 Å². The Hall–Kier alpha value is -2.93. The normalized spacial score (nSPS) is 11.0. The Kier molecular flexibility index (Phi) is 4.20. The lowest BCUT2D eigenvalue weighted by Crippen LogP contribution is -1.97. The zero-order valence-electron chi connectivity index (χ0n) is 12.3. The second-order valence-electron chi connectivity index (χ2n) is 4.67. The molecule has 0 aliphatic carbocycles. The van der Waals surface area contributed by atoms with Crippen molar-refractivity contribution in [1.29, 1.82) is 0 Å². The van der Waals surface area contributed by atoms with Crippen LogP contribution in [0.3, 0.4) is 0 Å². The smallest absolute Gasteiger partial charge is 0.216 e. The molecule has 6 nitrogen and oxygen atoms in total. The SMILES string of the molecule is COc1ccccc1-c1n[nH]c(=S)n1/N=C\c1ccccc1O. The first kappa shape index (κ1) is 15.0. The van der Waals surface area contributed by atoms with Gasteiger partial charge in [-0.25, -0.2) is 5.10 Å². The fraction of sp³-hybridized carbons (Fsp3) is 0.0625. The van der Waals surface area contributed by atoms with Crippen LogP contribution in [0.2, 0.25) is 0 Å². The Morgan fingerprint density at radius 3 is 2.74 bits per heavy atom. The molecule has 1 heterocycles. The predicted molar refractivity (Wildman–Crippen MR) is 90.5 cm³/mol. The van der Waals surface area contributed by atoms with Gasteiger partial charge in [-0.1, -0.05) is 24.3 Å². The second-order valence-corrected chi connectivity index (χ2v) is 5.05. The molecule has 7 heteroatoms. The third kappa shape index (κ3) is 3.00. The van der Waals surface area contributed by atoms with E-state index < -0.39 is 0 Å². The van der Waals surface area contributed by atoms with Crippen LogP contribution >= 0.6 is 12.2 Å². The number of methoxy groups -OCH3 is 1. The van der Waals surface area contributed by atoms with Crippen molar-refractivity contribution in [2.75, 3.05) is 7.11 Å². The summed E-state index contributed by atoms with van der Waals surface area (Å²) in [6.07, 6.45) is 1.53. The van der Waals surface area contributed by atoms with E-state index in [0.29, 0.717) is 21.9 Å². The molecule has 0 spiro atoms. The first-order valence-corrected chi connectivity index (χ1v) is 7.24. The predicted octanol–water partition coefficient (Wildman–Crippen LogP) is 3.20. The van der Waals surface area contributed by atoms with E-state index in [9.17, 15) is 5.11 Å². The molecule has 0 radical (unpaired) electrons. The molecule has 2 aromatic carbocycles. The minimum atomic E-state index is 0.144. The number of para-hydroxylation sites is 2. The van der Waals surface area contributed by atoms with Gasteiger partial charge in [0.2, 0.25) is 4.77 Å². The molecule has 0 saturated heterocycles. The molecule has 0 fully saturated rings. The van der Waals surface area contributed by atoms with Gasteiger partial charge in [0.25, 0.3) is 0 Å². The molecule has 2 N–H and O–H groups in total. The van der Waals surface area contributed by atoms with Crippen molar-refractivity contribution in [3.63, 3.8) is 0 Å². The number of benzene rings is 2. The van der Waals surface area contributed by atoms with E-state index in [1.165, 1.54) is 10.9 Å². The minimum absolute atomic E-state index is 0.144. The fourth-order valence-electron chi connectivity index (χ4n) is 2.12. The van der Waals surface area contributed by atoms with Gasteiger partial charge >= 0.3 is 0 Å². The van der Waals surface area contributed by atoms with Gasteiger partial charge in [0.15, 0.2) is 5.82 Å². The molecular weight excluding hydrogens is 312 g/mol. The molecule has 3 rings (SSSR count). The molecular formula is C16H14N4O2S. The summed E-state index contributed by atoms with van der Waals surface area (Å²) >= 11 is 5.23. The van der Waals surface area contributed by atoms with Crippen molar-refractivity contribution in [2.45, 2.75) is 0 Å². The number of rotatable bonds is 4. The highest BCUT2D eigenvalue weighted by molar-refractivity contribution is 7.71. The van der Waals surface area contributed by atoms with Gasteiger partial charge < -0.3 is 9.84 Å². The molecule has 0 amide bonds. The standard InChI is InChI=1S/C16H14N4O2S/c1-22-14-9-5-3-7-12(14)15-18-19-16(23)20(15)17-10-11-6-2-4-8-13(11)21/h2-10,21H,1H3,(H,19,23)/b17-10-. The van der Waals surface area contributed by atoms with Crippen LogP contribution in [0.5, 0.6) is 11.5 Å². The molecule has 23 heavy (non-hydrogen) atoms. The van der Waals surface area contributed by atoms with Gasteiger partial charge in [0, 0.05) is 5.56 Å². The lowest BCUT2D eigenvalue weighted by molar-refractivity contribution is 0.416. The van der Waals surface area contributed by atoms with Gasteiger partial charge in [-0.2, -0.15) is 14.9 Å². The van der Waals surface area contributed by atoms with Gasteiger partial charge in [0.05, 0.1) is 18.9 Å². The Balaban J connectivity index is 2.07. The van der Waals surface area contributed by atoms with Crippen LogP contribution in [0.25, 0.3) is 11.4 Å². The maximum Gasteiger partial charge on any atom is 0.216 e. The number of ether oxygens (including phenoxy) is 1. The topological polar surface area (TPSA) is 75.4 Å². The maximum absolute atomic E-state index is 9.81. The Morgan fingerprint density at radius 2 is 1.96 bits per heavy atom. The highest BCUT2D eigenvalue weighted by atomic mass is 32.1. The zero-order chi connectivity index (χ0) is 16.2. The average Bonchev–Trinajstić information content (AvgIpc) is 2.95. The zero-order valence-corrected chi connectivity index (χ0v) is 13.1. The molecule has 0 unspecified atom stereocenters. The number of nitrogens with zero attached hydrogens (tertiary/aromatic N) is 3. The number of phenolic OH excluding ortho intramolecular Hbond substituents is 1. The fourth-order valence-corrected chi connectivity index (χ4v) is 2.30. The van der Waals surface area contributed by atoms with Gasteiger partial charge in [0.1, 0.15) is 11.5 Å². The van der Waals surface area contributed by atoms with Crippen molar-refractivity contribution >= 4 is 18.4 Å². The van der Waals surface area contributed by atoms with E-state index in [1.807, 2.05) is 30.3 Å². The Morgan fingerprint density at radius 1 is 1.22 bits per heavy atom. The molecule has 1 aromatic heterocycles. The summed E-state index contributed by atoms with van der Waals surface area (Å²) in [7, 11) is 1.59. The Bertz CT molecular complexity index is 914. The second kappa shape index (κ2) is 6.45. The Labute approximate surface area is 137 Å². The minimum Gasteiger partial charge on any atom is -0.507 e. The van der Waals surface area contributed by atoms with E-state index in [4.69, 9.17) is 17.0 Å². The van der Waals surface area contributed by atoms with Crippen LogP contribution in [0.15, 0.2) is 53.6 Å². The molecule has 0 bridgehead atoms. The molecule has 0 atom stereocenters. The third-order valence-electron chi connectivity index (χ3n) is 3.25. The van der Waals surface area contributed by atoms with Crippen molar-refractivity contribution in [2.24, 2.45) is 5.10 Å². The maximum atomic E-state index is 9.81. The summed E-state index contributed by atoms with van der Waals surface area (Å²) in [5.74, 6) is 1.34. The van der Waals surface area contributed by atoms with E-state index in [1.54, 1.807) is 25.3 Å². The summed E-state index contributed by atoms with van der Waals surface area (Å²) in [6.45, 7) is 0. The number of nitrogens with one attached hydrogen (secondary N) is 1. The monoisotopic (exact) mass is 326 g/mol. The van der Waals surface area contributed by atoms with Gasteiger partial charge in [-0.15, -0.1) is 0 Å². The van der Waals surface area contributed by atoms with E-state index in [2.05, 4.69) is 15.3 Å². The van der Waals surface area contributed by atoms with Crippen molar-refractivity contribution in [3.8, 4) is 22.9 Å². The lowest BCUT2D eigenvalue weighted by Gasteiger charge is -2.06. The van der Waals surface area contributed by atoms with E-state index in [0.717, 1.165) is 5.56 Å². The summed E-state index contributed by atoms with van der Waals surface area (Å²) in [5, 5.41) is 21.1. The molecule has 116 valence electrons. The lowest BCUT2D eigenvalue weighted by atomic mass is 10.2.